The first-order valence-electron chi connectivity index (χ1n) is 19.4. The highest BCUT2D eigenvalue weighted by Gasteiger charge is 2.39. The number of likely N-dealkylation sites (tertiary alicyclic amines) is 1. The summed E-state index contributed by atoms with van der Waals surface area (Å²) in [6.45, 7) is 7.68. The molecule has 4 heterocycles. The van der Waals surface area contributed by atoms with E-state index in [1.54, 1.807) is 31.4 Å². The van der Waals surface area contributed by atoms with Crippen LogP contribution in [0.2, 0.25) is 0 Å². The number of piperidine rings is 2. The maximum absolute atomic E-state index is 15.0. The maximum Gasteiger partial charge on any atom is 0.240 e. The van der Waals surface area contributed by atoms with Crippen molar-refractivity contribution in [2.24, 2.45) is 11.8 Å². The lowest BCUT2D eigenvalue weighted by Gasteiger charge is -2.47. The van der Waals surface area contributed by atoms with Crippen LogP contribution in [0.15, 0.2) is 85.5 Å². The molecule has 5 aromatic rings. The van der Waals surface area contributed by atoms with Gasteiger partial charge in [0.2, 0.25) is 17.7 Å². The minimum absolute atomic E-state index is 0.0212. The molecule has 13 heteroatoms. The fraction of sp³-hybridized carbons (Fsp3) is 0.395. The summed E-state index contributed by atoms with van der Waals surface area (Å²) in [6, 6.07) is 19.5. The van der Waals surface area contributed by atoms with Crippen LogP contribution in [0.5, 0.6) is 23.0 Å². The molecule has 56 heavy (non-hydrogen) atoms. The smallest absolute Gasteiger partial charge is 0.240 e. The van der Waals surface area contributed by atoms with Gasteiger partial charge in [0.05, 0.1) is 33.5 Å². The lowest BCUT2D eigenvalue weighted by molar-refractivity contribution is 0.147. The molecule has 2 aliphatic rings. The van der Waals surface area contributed by atoms with Crippen LogP contribution in [-0.4, -0.2) is 84.0 Å². The molecule has 2 fully saturated rings. The Labute approximate surface area is 328 Å². The van der Waals surface area contributed by atoms with Crippen LogP contribution in [0.1, 0.15) is 45.1 Å². The number of methoxy groups -OCH3 is 2. The first-order valence-corrected chi connectivity index (χ1v) is 19.4. The van der Waals surface area contributed by atoms with Crippen LogP contribution in [0.4, 0.5) is 16.3 Å². The first-order chi connectivity index (χ1) is 27.4. The van der Waals surface area contributed by atoms with Crippen LogP contribution in [0.25, 0.3) is 22.3 Å². The van der Waals surface area contributed by atoms with Gasteiger partial charge in [0, 0.05) is 55.0 Å². The summed E-state index contributed by atoms with van der Waals surface area (Å²) < 4.78 is 36.9. The molecule has 0 radical (unpaired) electrons. The molecule has 2 aromatic heterocycles. The second-order valence-electron chi connectivity index (χ2n) is 14.2. The lowest BCUT2D eigenvalue weighted by Crippen LogP contribution is -2.56. The predicted molar refractivity (Wildman–Crippen MR) is 216 cm³/mol. The summed E-state index contributed by atoms with van der Waals surface area (Å²) in [7, 11) is 3.32. The number of anilines is 2. The number of hydrogen-bond acceptors (Lipinski definition) is 12. The summed E-state index contributed by atoms with van der Waals surface area (Å²) in [6.07, 6.45) is 11.0. The van der Waals surface area contributed by atoms with E-state index < -0.39 is 5.82 Å². The fourth-order valence-electron chi connectivity index (χ4n) is 7.87. The van der Waals surface area contributed by atoms with E-state index in [9.17, 15) is 4.39 Å². The normalized spacial score (nSPS) is 17.7. The van der Waals surface area contributed by atoms with Gasteiger partial charge < -0.3 is 23.8 Å². The Hall–Kier alpha value is -5.53. The van der Waals surface area contributed by atoms with Crippen LogP contribution >= 0.6 is 0 Å². The highest BCUT2D eigenvalue weighted by molar-refractivity contribution is 5.64. The number of hydrogen-bond donors (Lipinski definition) is 1. The summed E-state index contributed by atoms with van der Waals surface area (Å²) >= 11 is 0. The van der Waals surface area contributed by atoms with E-state index in [-0.39, 0.29) is 23.6 Å². The molecule has 0 aliphatic carbocycles. The minimum atomic E-state index is -0.449. The van der Waals surface area contributed by atoms with Crippen molar-refractivity contribution in [2.75, 3.05) is 57.0 Å². The Bertz CT molecular complexity index is 1980. The predicted octanol–water partition coefficient (Wildman–Crippen LogP) is 7.18. The summed E-state index contributed by atoms with van der Waals surface area (Å²) in [5.41, 5.74) is 4.85. The Morgan fingerprint density at radius 2 is 1.23 bits per heavy atom. The van der Waals surface area contributed by atoms with Crippen molar-refractivity contribution in [3.05, 3.63) is 96.8 Å². The monoisotopic (exact) mass is 762 g/mol. The Balaban J connectivity index is 1.08. The van der Waals surface area contributed by atoms with Crippen LogP contribution in [-0.2, 0) is 6.54 Å². The second kappa shape index (κ2) is 17.9. The molecule has 0 amide bonds. The van der Waals surface area contributed by atoms with Crippen molar-refractivity contribution in [3.8, 4) is 45.3 Å². The van der Waals surface area contributed by atoms with Crippen molar-refractivity contribution in [1.82, 2.24) is 24.8 Å². The molecule has 2 aliphatic heterocycles. The number of halogens is 1. The van der Waals surface area contributed by atoms with E-state index in [4.69, 9.17) is 44.7 Å². The van der Waals surface area contributed by atoms with Gasteiger partial charge >= 0.3 is 0 Å². The molecule has 2 unspecified atom stereocenters. The van der Waals surface area contributed by atoms with Gasteiger partial charge in [-0.2, -0.15) is 4.39 Å². The first kappa shape index (κ1) is 38.7. The minimum Gasteiger partial charge on any atom is -0.497 e. The van der Waals surface area contributed by atoms with Gasteiger partial charge in [-0.15, -0.1) is 0 Å². The molecule has 7 rings (SSSR count). The van der Waals surface area contributed by atoms with E-state index in [0.29, 0.717) is 31.6 Å². The van der Waals surface area contributed by atoms with Crippen LogP contribution in [0.3, 0.4) is 0 Å². The molecule has 294 valence electrons. The van der Waals surface area contributed by atoms with Crippen molar-refractivity contribution in [1.29, 1.82) is 0 Å². The standard InChI is InChI=1S/C43H51FN8O4/c1-5-55-39-21-29(22-40(41(39)44)56-6-2)28-50-18-15-32(16-19-50)38-23-35(52(45)43-48-26-34(27-49-43)31-9-13-37(54-4)14-10-31)17-20-51(38)42-46-24-33(25-47-42)30-7-11-36(53-3)12-8-30/h7-14,21-22,24-27,32,35,38H,5-6,15-20,23,28,45H2,1-4H3. The zero-order valence-electron chi connectivity index (χ0n) is 32.6. The number of nitrogens with two attached hydrogens (primary N) is 1. The topological polar surface area (TPSA) is 124 Å². The third kappa shape index (κ3) is 8.79. The number of aromatic nitrogens is 4. The summed E-state index contributed by atoms with van der Waals surface area (Å²) in [4.78, 5) is 24.0. The van der Waals surface area contributed by atoms with Gasteiger partial charge in [-0.25, -0.2) is 25.8 Å². The largest absolute Gasteiger partial charge is 0.497 e. The van der Waals surface area contributed by atoms with Crippen molar-refractivity contribution < 1.29 is 23.3 Å². The van der Waals surface area contributed by atoms with E-state index >= 15 is 0 Å². The van der Waals surface area contributed by atoms with E-state index in [1.807, 2.05) is 87.2 Å². The van der Waals surface area contributed by atoms with Crippen molar-refractivity contribution in [2.45, 2.75) is 58.2 Å². The summed E-state index contributed by atoms with van der Waals surface area (Å²) in [5.74, 6) is 10.0. The van der Waals surface area contributed by atoms with Crippen molar-refractivity contribution in [3.63, 3.8) is 0 Å². The van der Waals surface area contributed by atoms with Gasteiger partial charge in [-0.05, 0) is 112 Å². The maximum atomic E-state index is 15.0. The molecule has 2 saturated heterocycles. The fourth-order valence-corrected chi connectivity index (χ4v) is 7.87. The molecule has 12 nitrogen and oxygen atoms in total. The number of ether oxygens (including phenoxy) is 4. The second-order valence-corrected chi connectivity index (χ2v) is 14.2. The van der Waals surface area contributed by atoms with Crippen molar-refractivity contribution >= 4 is 11.9 Å². The average molecular weight is 763 g/mol. The van der Waals surface area contributed by atoms with Gasteiger partial charge in [0.15, 0.2) is 11.5 Å². The molecule has 2 atom stereocenters. The zero-order chi connectivity index (χ0) is 39.0. The quantitative estimate of drug-likeness (QED) is 0.0910. The highest BCUT2D eigenvalue weighted by Crippen LogP contribution is 2.36. The summed E-state index contributed by atoms with van der Waals surface area (Å²) in [5, 5.41) is 1.74. The van der Waals surface area contributed by atoms with Gasteiger partial charge in [0.25, 0.3) is 0 Å². The average Bonchev–Trinajstić information content (AvgIpc) is 3.25. The third-order valence-corrected chi connectivity index (χ3v) is 10.9. The van der Waals surface area contributed by atoms with Gasteiger partial charge in [-0.3, -0.25) is 9.91 Å². The number of nitrogens with zero attached hydrogens (tertiary/aromatic N) is 7. The Morgan fingerprint density at radius 3 is 1.73 bits per heavy atom. The molecule has 0 spiro atoms. The molecular formula is C43H51FN8O4. The van der Waals surface area contributed by atoms with Crippen LogP contribution < -0.4 is 34.7 Å². The Kier molecular flexibility index (Phi) is 12.4. The SMILES string of the molecule is CCOc1cc(CN2CCC(C3CC(N(N)c4ncc(-c5ccc(OC)cc5)cn4)CCN3c3ncc(-c4ccc(OC)cc4)cn3)CC2)cc(OCC)c1F. The van der Waals surface area contributed by atoms with Crippen LogP contribution in [0, 0.1) is 11.7 Å². The number of rotatable bonds is 14. The van der Waals surface area contributed by atoms with E-state index in [0.717, 1.165) is 90.6 Å². The molecule has 0 bridgehead atoms. The number of hydrazine groups is 1. The zero-order valence-corrected chi connectivity index (χ0v) is 32.6. The highest BCUT2D eigenvalue weighted by atomic mass is 19.1. The molecule has 2 N–H and O–H groups in total. The van der Waals surface area contributed by atoms with Gasteiger partial charge in [0.1, 0.15) is 11.5 Å². The molecular weight excluding hydrogens is 712 g/mol. The Morgan fingerprint density at radius 1 is 0.714 bits per heavy atom. The number of benzene rings is 3. The van der Waals surface area contributed by atoms with E-state index in [2.05, 4.69) is 9.80 Å². The molecule has 0 saturated carbocycles. The van der Waals surface area contributed by atoms with E-state index in [1.165, 1.54) is 0 Å². The molecule has 3 aromatic carbocycles. The lowest BCUT2D eigenvalue weighted by atomic mass is 9.82. The van der Waals surface area contributed by atoms with Gasteiger partial charge in [-0.1, -0.05) is 24.3 Å². The third-order valence-electron chi connectivity index (χ3n) is 10.9.